The predicted molar refractivity (Wildman–Crippen MR) is 132 cm³/mol. The minimum atomic E-state index is -4.85. The molecule has 178 valence electrons. The average Bonchev–Trinajstić information content (AvgIpc) is 3.20. The summed E-state index contributed by atoms with van der Waals surface area (Å²) in [6, 6.07) is 6.47. The van der Waals surface area contributed by atoms with E-state index in [0.29, 0.717) is 17.9 Å². The highest BCUT2D eigenvalue weighted by atomic mass is 127. The molecule has 0 saturated carbocycles. The van der Waals surface area contributed by atoms with Crippen LogP contribution in [0.1, 0.15) is 33.5 Å². The van der Waals surface area contributed by atoms with E-state index in [0.717, 1.165) is 0 Å². The number of hydrogen-bond donors (Lipinski definition) is 3. The Morgan fingerprint density at radius 1 is 1.09 bits per heavy atom. The van der Waals surface area contributed by atoms with Crippen LogP contribution in [-0.4, -0.2) is 32.5 Å². The maximum Gasteiger partial charge on any atom is 0.435 e. The van der Waals surface area contributed by atoms with Gasteiger partial charge < -0.3 is 5.32 Å². The molecule has 0 radical (unpaired) electrons. The summed E-state index contributed by atoms with van der Waals surface area (Å²) in [5.74, 6) is -2.47. The molecule has 0 spiro atoms. The van der Waals surface area contributed by atoms with Crippen molar-refractivity contribution in [3.05, 3.63) is 65.6 Å². The number of nitrogens with zero attached hydrogens (tertiary/aromatic N) is 3. The zero-order valence-corrected chi connectivity index (χ0v) is 21.9. The maximum absolute atomic E-state index is 13.4. The van der Waals surface area contributed by atoms with Crippen molar-refractivity contribution >= 4 is 80.2 Å². The number of amides is 3. The number of anilines is 1. The molecule has 3 rings (SSSR count). The number of pyridine rings is 1. The summed E-state index contributed by atoms with van der Waals surface area (Å²) in [6.07, 6.45) is -3.56. The molecule has 3 amide bonds. The van der Waals surface area contributed by atoms with Crippen molar-refractivity contribution in [2.45, 2.75) is 13.1 Å². The summed E-state index contributed by atoms with van der Waals surface area (Å²) in [7, 11) is 0. The van der Waals surface area contributed by atoms with E-state index in [1.54, 1.807) is 6.07 Å². The lowest BCUT2D eigenvalue weighted by Gasteiger charge is -2.15. The van der Waals surface area contributed by atoms with Crippen LogP contribution in [0.15, 0.2) is 36.5 Å². The van der Waals surface area contributed by atoms with Crippen LogP contribution in [0, 0.1) is 7.14 Å². The lowest BCUT2D eigenvalue weighted by molar-refractivity contribution is -0.141. The molecule has 2 heterocycles. The lowest BCUT2D eigenvalue weighted by atomic mass is 10.1. The summed E-state index contributed by atoms with van der Waals surface area (Å²) in [5, 5.41) is 5.90. The Morgan fingerprint density at radius 2 is 1.79 bits per heavy atom. The van der Waals surface area contributed by atoms with Gasteiger partial charge in [-0.25, -0.2) is 9.67 Å². The molecule has 0 aliphatic rings. The largest absolute Gasteiger partial charge is 0.435 e. The highest BCUT2D eigenvalue weighted by Crippen LogP contribution is 2.32. The van der Waals surface area contributed by atoms with E-state index in [-0.39, 0.29) is 22.1 Å². The number of aromatic nitrogens is 3. The Hall–Kier alpha value is -2.47. The molecule has 15 heteroatoms. The molecule has 1 aromatic carbocycles. The fourth-order valence-corrected chi connectivity index (χ4v) is 4.83. The van der Waals surface area contributed by atoms with E-state index in [2.05, 4.69) is 26.3 Å². The molecule has 0 unspecified atom stereocenters. The number of rotatable bonds is 4. The Balaban J connectivity index is 2.07. The molecule has 34 heavy (non-hydrogen) atoms. The summed E-state index contributed by atoms with van der Waals surface area (Å²) < 4.78 is 41.8. The molecule has 0 saturated heterocycles. The molecule has 0 aliphatic carbocycles. The summed E-state index contributed by atoms with van der Waals surface area (Å²) in [4.78, 5) is 40.8. The van der Waals surface area contributed by atoms with Gasteiger partial charge in [-0.05, 0) is 69.4 Å². The van der Waals surface area contributed by atoms with Crippen LogP contribution in [0.4, 0.5) is 18.9 Å². The van der Waals surface area contributed by atoms with Crippen LogP contribution in [0.3, 0.4) is 0 Å². The molecule has 2 aromatic heterocycles. The SMILES string of the molecule is CC(=O)NNC(=O)c1cc(I)cc(I)c1NC(=O)c1cc(C(F)(F)F)nn1-c1ncccc1Cl. The van der Waals surface area contributed by atoms with Crippen LogP contribution < -0.4 is 16.2 Å². The second-order valence-electron chi connectivity index (χ2n) is 6.53. The maximum atomic E-state index is 13.4. The first kappa shape index (κ1) is 26.1. The second kappa shape index (κ2) is 10.4. The fourth-order valence-electron chi connectivity index (χ4n) is 2.65. The van der Waals surface area contributed by atoms with Gasteiger partial charge in [-0.2, -0.15) is 18.3 Å². The summed E-state index contributed by atoms with van der Waals surface area (Å²) >= 11 is 9.87. The first-order valence-corrected chi connectivity index (χ1v) is 11.6. The molecule has 3 aromatic rings. The van der Waals surface area contributed by atoms with Gasteiger partial charge in [0.2, 0.25) is 5.91 Å². The third kappa shape index (κ3) is 5.96. The Labute approximate surface area is 222 Å². The van der Waals surface area contributed by atoms with Crippen LogP contribution in [0.25, 0.3) is 5.82 Å². The van der Waals surface area contributed by atoms with Gasteiger partial charge in [-0.3, -0.25) is 25.2 Å². The van der Waals surface area contributed by atoms with Gasteiger partial charge in [0.05, 0.1) is 16.3 Å². The molecule has 0 bridgehead atoms. The third-order valence-corrected chi connectivity index (χ3v) is 5.83. The Bertz CT molecular complexity index is 1300. The monoisotopic (exact) mass is 718 g/mol. The Morgan fingerprint density at radius 3 is 2.41 bits per heavy atom. The number of halogens is 6. The standard InChI is InChI=1S/C19H12ClF3I2N6O3/c1-8(32)28-29-17(33)10-5-9(24)6-12(25)15(10)27-18(34)13-7-14(19(21,22)23)30-31(13)16-11(20)3-2-4-26-16/h2-7H,1H3,(H,27,34)(H,28,32)(H,29,33). The first-order chi connectivity index (χ1) is 15.9. The van der Waals surface area contributed by atoms with Gasteiger partial charge in [0.25, 0.3) is 11.8 Å². The fraction of sp³-hybridized carbons (Fsp3) is 0.105. The van der Waals surface area contributed by atoms with Crippen molar-refractivity contribution in [1.82, 2.24) is 25.6 Å². The second-order valence-corrected chi connectivity index (χ2v) is 9.35. The van der Waals surface area contributed by atoms with Crippen LogP contribution >= 0.6 is 56.8 Å². The van der Waals surface area contributed by atoms with Crippen molar-refractivity contribution in [1.29, 1.82) is 0 Å². The van der Waals surface area contributed by atoms with Gasteiger partial charge in [0, 0.05) is 26.3 Å². The van der Waals surface area contributed by atoms with Gasteiger partial charge >= 0.3 is 6.18 Å². The molecule has 3 N–H and O–H groups in total. The van der Waals surface area contributed by atoms with Gasteiger partial charge in [-0.15, -0.1) is 0 Å². The Kier molecular flexibility index (Phi) is 8.02. The molecule has 0 aliphatic heterocycles. The molecular weight excluding hydrogens is 707 g/mol. The van der Waals surface area contributed by atoms with E-state index in [1.807, 2.05) is 45.2 Å². The zero-order valence-electron chi connectivity index (χ0n) is 16.8. The zero-order chi connectivity index (χ0) is 25.2. The minimum Gasteiger partial charge on any atom is -0.319 e. The van der Waals surface area contributed by atoms with Gasteiger partial charge in [0.15, 0.2) is 11.5 Å². The lowest BCUT2D eigenvalue weighted by Crippen LogP contribution is -2.40. The number of alkyl halides is 3. The highest BCUT2D eigenvalue weighted by molar-refractivity contribution is 14.1. The van der Waals surface area contributed by atoms with Crippen molar-refractivity contribution < 1.29 is 27.6 Å². The number of carbonyl (C=O) groups excluding carboxylic acids is 3. The van der Waals surface area contributed by atoms with Crippen molar-refractivity contribution in [2.24, 2.45) is 0 Å². The number of hydrogen-bond acceptors (Lipinski definition) is 5. The predicted octanol–water partition coefficient (Wildman–Crippen LogP) is 4.18. The quantitative estimate of drug-likeness (QED) is 0.277. The minimum absolute atomic E-state index is 0.0160. The number of nitrogens with one attached hydrogen (secondary N) is 3. The van der Waals surface area contributed by atoms with E-state index in [4.69, 9.17) is 11.6 Å². The molecular formula is C19H12ClF3I2N6O3. The average molecular weight is 719 g/mol. The van der Waals surface area contributed by atoms with E-state index < -0.39 is 35.3 Å². The third-order valence-electron chi connectivity index (χ3n) is 4.06. The van der Waals surface area contributed by atoms with Crippen LogP contribution in [0.5, 0.6) is 0 Å². The van der Waals surface area contributed by atoms with Crippen molar-refractivity contribution in [3.63, 3.8) is 0 Å². The highest BCUT2D eigenvalue weighted by Gasteiger charge is 2.37. The molecule has 0 atom stereocenters. The van der Waals surface area contributed by atoms with E-state index >= 15 is 0 Å². The molecule has 9 nitrogen and oxygen atoms in total. The molecule has 0 fully saturated rings. The van der Waals surface area contributed by atoms with Crippen LogP contribution in [0.2, 0.25) is 5.02 Å². The van der Waals surface area contributed by atoms with Gasteiger partial charge in [-0.1, -0.05) is 11.6 Å². The number of hydrazine groups is 1. The van der Waals surface area contributed by atoms with Gasteiger partial charge in [0.1, 0.15) is 5.69 Å². The van der Waals surface area contributed by atoms with Crippen LogP contribution in [-0.2, 0) is 11.0 Å². The number of benzene rings is 1. The van der Waals surface area contributed by atoms with Crippen molar-refractivity contribution in [2.75, 3.05) is 5.32 Å². The van der Waals surface area contributed by atoms with E-state index in [9.17, 15) is 27.6 Å². The van der Waals surface area contributed by atoms with E-state index in [1.165, 1.54) is 31.3 Å². The smallest absolute Gasteiger partial charge is 0.319 e. The topological polar surface area (TPSA) is 118 Å². The normalized spacial score (nSPS) is 11.1. The number of carbonyl (C=O) groups is 3. The summed E-state index contributed by atoms with van der Waals surface area (Å²) in [6.45, 7) is 1.18. The first-order valence-electron chi connectivity index (χ1n) is 9.04. The van der Waals surface area contributed by atoms with Crippen molar-refractivity contribution in [3.8, 4) is 5.82 Å². The summed E-state index contributed by atoms with van der Waals surface area (Å²) in [5.41, 5.74) is 2.45.